The first-order chi connectivity index (χ1) is 9.29. The van der Waals surface area contributed by atoms with Crippen molar-refractivity contribution in [2.24, 2.45) is 0 Å². The zero-order valence-electron chi connectivity index (χ0n) is 12.0. The van der Waals surface area contributed by atoms with Crippen LogP contribution in [-0.2, 0) is 9.53 Å². The first-order valence-electron chi connectivity index (χ1n) is 7.62. The highest BCUT2D eigenvalue weighted by Gasteiger charge is 2.22. The summed E-state index contributed by atoms with van der Waals surface area (Å²) in [6, 6.07) is 0.555. The van der Waals surface area contributed by atoms with Gasteiger partial charge in [0, 0.05) is 19.2 Å². The zero-order valence-corrected chi connectivity index (χ0v) is 12.0. The van der Waals surface area contributed by atoms with Gasteiger partial charge in [-0.1, -0.05) is 6.92 Å². The third-order valence-electron chi connectivity index (χ3n) is 4.13. The van der Waals surface area contributed by atoms with E-state index < -0.39 is 0 Å². The lowest BCUT2D eigenvalue weighted by Crippen LogP contribution is -2.47. The Balaban J connectivity index is 1.69. The van der Waals surface area contributed by atoms with Crippen LogP contribution in [0.2, 0.25) is 0 Å². The summed E-state index contributed by atoms with van der Waals surface area (Å²) in [5, 5.41) is 6.37. The molecular formula is C14H27N3O2. The fraction of sp³-hybridized carbons (Fsp3) is 0.929. The number of carbonyl (C=O) groups excluding carboxylic acids is 1. The molecule has 2 rings (SSSR count). The molecule has 5 nitrogen and oxygen atoms in total. The van der Waals surface area contributed by atoms with Crippen molar-refractivity contribution in [3.05, 3.63) is 0 Å². The van der Waals surface area contributed by atoms with E-state index in [9.17, 15) is 4.79 Å². The maximum absolute atomic E-state index is 12.0. The molecule has 0 bridgehead atoms. The maximum atomic E-state index is 12.0. The summed E-state index contributed by atoms with van der Waals surface area (Å²) in [6.45, 7) is 7.25. The van der Waals surface area contributed by atoms with E-state index in [2.05, 4.69) is 22.5 Å². The molecule has 2 saturated heterocycles. The van der Waals surface area contributed by atoms with Crippen LogP contribution < -0.4 is 10.6 Å². The number of carbonyl (C=O) groups is 1. The highest BCUT2D eigenvalue weighted by Crippen LogP contribution is 2.12. The van der Waals surface area contributed by atoms with Crippen LogP contribution in [0.5, 0.6) is 0 Å². The van der Waals surface area contributed by atoms with Crippen LogP contribution in [0.25, 0.3) is 0 Å². The van der Waals surface area contributed by atoms with E-state index in [-0.39, 0.29) is 12.0 Å². The van der Waals surface area contributed by atoms with E-state index in [0.29, 0.717) is 19.1 Å². The van der Waals surface area contributed by atoms with Gasteiger partial charge in [-0.2, -0.15) is 0 Å². The Labute approximate surface area is 116 Å². The SMILES string of the molecule is CCN(CC(=O)NCC1CCCO1)C1CCNCC1. The molecule has 5 heteroatoms. The molecule has 2 aliphatic rings. The van der Waals surface area contributed by atoms with Crippen LogP contribution in [0.15, 0.2) is 0 Å². The van der Waals surface area contributed by atoms with Crippen molar-refractivity contribution < 1.29 is 9.53 Å². The first kappa shape index (κ1) is 14.8. The Bertz CT molecular complexity index is 274. The maximum Gasteiger partial charge on any atom is 0.234 e. The molecule has 1 amide bonds. The lowest BCUT2D eigenvalue weighted by molar-refractivity contribution is -0.123. The fourth-order valence-corrected chi connectivity index (χ4v) is 2.94. The molecule has 1 atom stereocenters. The number of likely N-dealkylation sites (N-methyl/N-ethyl adjacent to an activating group) is 1. The van der Waals surface area contributed by atoms with Gasteiger partial charge < -0.3 is 15.4 Å². The molecule has 0 aliphatic carbocycles. The molecule has 0 aromatic heterocycles. The van der Waals surface area contributed by atoms with Gasteiger partial charge in [0.1, 0.15) is 0 Å². The predicted molar refractivity (Wildman–Crippen MR) is 75.1 cm³/mol. The Hall–Kier alpha value is -0.650. The summed E-state index contributed by atoms with van der Waals surface area (Å²) < 4.78 is 5.51. The van der Waals surface area contributed by atoms with Crippen molar-refractivity contribution in [2.45, 2.75) is 44.8 Å². The normalized spacial score (nSPS) is 24.8. The summed E-state index contributed by atoms with van der Waals surface area (Å²) >= 11 is 0. The van der Waals surface area contributed by atoms with Crippen molar-refractivity contribution in [3.8, 4) is 0 Å². The van der Waals surface area contributed by atoms with Gasteiger partial charge in [0.05, 0.1) is 12.6 Å². The standard InChI is InChI=1S/C14H27N3O2/c1-2-17(12-5-7-15-8-6-12)11-14(18)16-10-13-4-3-9-19-13/h12-13,15H,2-11H2,1H3,(H,16,18). The third-order valence-corrected chi connectivity index (χ3v) is 4.13. The highest BCUT2D eigenvalue weighted by atomic mass is 16.5. The van der Waals surface area contributed by atoms with E-state index in [0.717, 1.165) is 51.9 Å². The quantitative estimate of drug-likeness (QED) is 0.731. The van der Waals surface area contributed by atoms with E-state index in [1.165, 1.54) is 0 Å². The summed E-state index contributed by atoms with van der Waals surface area (Å²) in [7, 11) is 0. The molecule has 2 aliphatic heterocycles. The number of amides is 1. The van der Waals surface area contributed by atoms with E-state index in [1.54, 1.807) is 0 Å². The Morgan fingerprint density at radius 1 is 1.37 bits per heavy atom. The molecule has 0 aromatic rings. The zero-order chi connectivity index (χ0) is 13.5. The molecule has 110 valence electrons. The first-order valence-corrected chi connectivity index (χ1v) is 7.62. The van der Waals surface area contributed by atoms with Crippen LogP contribution in [0.1, 0.15) is 32.6 Å². The lowest BCUT2D eigenvalue weighted by Gasteiger charge is -2.33. The molecule has 0 saturated carbocycles. The highest BCUT2D eigenvalue weighted by molar-refractivity contribution is 5.78. The number of piperidine rings is 1. The monoisotopic (exact) mass is 269 g/mol. The topological polar surface area (TPSA) is 53.6 Å². The number of ether oxygens (including phenoxy) is 1. The predicted octanol–water partition coefficient (Wildman–Crippen LogP) is 0.356. The second-order valence-corrected chi connectivity index (χ2v) is 5.48. The van der Waals surface area contributed by atoms with Crippen molar-refractivity contribution in [1.82, 2.24) is 15.5 Å². The average Bonchev–Trinajstić information content (AvgIpc) is 2.97. The molecule has 0 spiro atoms. The fourth-order valence-electron chi connectivity index (χ4n) is 2.94. The van der Waals surface area contributed by atoms with Gasteiger partial charge in [-0.15, -0.1) is 0 Å². The number of hydrogen-bond acceptors (Lipinski definition) is 4. The van der Waals surface area contributed by atoms with Gasteiger partial charge in [0.25, 0.3) is 0 Å². The van der Waals surface area contributed by atoms with Crippen molar-refractivity contribution >= 4 is 5.91 Å². The largest absolute Gasteiger partial charge is 0.376 e. The van der Waals surface area contributed by atoms with Crippen LogP contribution >= 0.6 is 0 Å². The van der Waals surface area contributed by atoms with Gasteiger partial charge in [0.2, 0.25) is 5.91 Å². The molecule has 2 N–H and O–H groups in total. The molecule has 19 heavy (non-hydrogen) atoms. The van der Waals surface area contributed by atoms with E-state index in [4.69, 9.17) is 4.74 Å². The second kappa shape index (κ2) is 7.82. The number of hydrogen-bond donors (Lipinski definition) is 2. The van der Waals surface area contributed by atoms with Gasteiger partial charge in [-0.05, 0) is 45.3 Å². The number of rotatable bonds is 6. The van der Waals surface area contributed by atoms with Crippen LogP contribution in [0, 0.1) is 0 Å². The third kappa shape index (κ3) is 4.75. The van der Waals surface area contributed by atoms with Gasteiger partial charge in [-0.25, -0.2) is 0 Å². The minimum absolute atomic E-state index is 0.135. The van der Waals surface area contributed by atoms with Crippen LogP contribution in [0.3, 0.4) is 0 Å². The minimum atomic E-state index is 0.135. The summed E-state index contributed by atoms with van der Waals surface area (Å²) in [6.07, 6.45) is 4.72. The van der Waals surface area contributed by atoms with Gasteiger partial charge in [0.15, 0.2) is 0 Å². The number of nitrogens with zero attached hydrogens (tertiary/aromatic N) is 1. The van der Waals surface area contributed by atoms with Crippen molar-refractivity contribution in [3.63, 3.8) is 0 Å². The molecule has 1 unspecified atom stereocenters. The second-order valence-electron chi connectivity index (χ2n) is 5.48. The molecular weight excluding hydrogens is 242 g/mol. The Morgan fingerprint density at radius 3 is 2.79 bits per heavy atom. The molecule has 2 fully saturated rings. The lowest BCUT2D eigenvalue weighted by atomic mass is 10.0. The van der Waals surface area contributed by atoms with Crippen molar-refractivity contribution in [1.29, 1.82) is 0 Å². The Morgan fingerprint density at radius 2 is 2.16 bits per heavy atom. The molecule has 0 aromatic carbocycles. The smallest absolute Gasteiger partial charge is 0.234 e. The Kier molecular flexibility index (Phi) is 6.07. The van der Waals surface area contributed by atoms with Crippen LogP contribution in [-0.4, -0.2) is 62.3 Å². The van der Waals surface area contributed by atoms with E-state index >= 15 is 0 Å². The molecule has 0 radical (unpaired) electrons. The van der Waals surface area contributed by atoms with Crippen LogP contribution in [0.4, 0.5) is 0 Å². The van der Waals surface area contributed by atoms with Gasteiger partial charge >= 0.3 is 0 Å². The minimum Gasteiger partial charge on any atom is -0.376 e. The number of nitrogens with one attached hydrogen (secondary N) is 2. The van der Waals surface area contributed by atoms with Crippen molar-refractivity contribution in [2.75, 3.05) is 39.3 Å². The van der Waals surface area contributed by atoms with Gasteiger partial charge in [-0.3, -0.25) is 9.69 Å². The average molecular weight is 269 g/mol. The van der Waals surface area contributed by atoms with E-state index in [1.807, 2.05) is 0 Å². The summed E-state index contributed by atoms with van der Waals surface area (Å²) in [5.41, 5.74) is 0. The summed E-state index contributed by atoms with van der Waals surface area (Å²) in [5.74, 6) is 0.135. The molecule has 2 heterocycles. The summed E-state index contributed by atoms with van der Waals surface area (Å²) in [4.78, 5) is 14.3.